The van der Waals surface area contributed by atoms with Gasteiger partial charge in [0.1, 0.15) is 0 Å². The van der Waals surface area contributed by atoms with Gasteiger partial charge in [0.05, 0.1) is 0 Å². The summed E-state index contributed by atoms with van der Waals surface area (Å²) < 4.78 is 5.07. The molecule has 0 aromatic heterocycles. The van der Waals surface area contributed by atoms with E-state index in [0.717, 1.165) is 24.5 Å². The highest BCUT2D eigenvalue weighted by Gasteiger charge is 2.06. The first kappa shape index (κ1) is 12.5. The van der Waals surface area contributed by atoms with Gasteiger partial charge in [0, 0.05) is 24.8 Å². The maximum Gasteiger partial charge on any atom is 0.0477 e. The number of ether oxygens (including phenoxy) is 1. The first-order valence-corrected chi connectivity index (χ1v) is 5.54. The summed E-state index contributed by atoms with van der Waals surface area (Å²) in [6.07, 6.45) is 2.00. The number of hydrogen-bond donors (Lipinski definition) is 1. The Morgan fingerprint density at radius 2 is 2.27 bits per heavy atom. The average Bonchev–Trinajstić information content (AvgIpc) is 2.24. The normalized spacial score (nSPS) is 12.7. The van der Waals surface area contributed by atoms with E-state index in [1.807, 2.05) is 25.2 Å². The molecule has 15 heavy (non-hydrogen) atoms. The highest BCUT2D eigenvalue weighted by atomic mass is 35.5. The Kier molecular flexibility index (Phi) is 5.69. The Hall–Kier alpha value is -0.570. The molecule has 1 aromatic carbocycles. The third kappa shape index (κ3) is 4.65. The van der Waals surface area contributed by atoms with Gasteiger partial charge in [-0.2, -0.15) is 0 Å². The zero-order valence-corrected chi connectivity index (χ0v) is 10.1. The molecule has 1 rings (SSSR count). The van der Waals surface area contributed by atoms with Crippen LogP contribution in [0.3, 0.4) is 0 Å². The molecule has 3 heteroatoms. The van der Waals surface area contributed by atoms with Crippen LogP contribution in [0.4, 0.5) is 0 Å². The fourth-order valence-electron chi connectivity index (χ4n) is 1.56. The van der Waals surface area contributed by atoms with Crippen molar-refractivity contribution in [2.45, 2.75) is 18.9 Å². The number of rotatable bonds is 6. The monoisotopic (exact) mass is 227 g/mol. The molecular weight excluding hydrogens is 210 g/mol. The Morgan fingerprint density at radius 3 is 2.87 bits per heavy atom. The number of benzene rings is 1. The predicted molar refractivity (Wildman–Crippen MR) is 64.5 cm³/mol. The largest absolute Gasteiger partial charge is 0.385 e. The molecule has 0 fully saturated rings. The summed E-state index contributed by atoms with van der Waals surface area (Å²) in [5.74, 6) is 0. The van der Waals surface area contributed by atoms with Gasteiger partial charge in [0.2, 0.25) is 0 Å². The molecule has 0 aliphatic heterocycles. The van der Waals surface area contributed by atoms with Gasteiger partial charge in [-0.1, -0.05) is 23.7 Å². The van der Waals surface area contributed by atoms with Gasteiger partial charge in [-0.25, -0.2) is 0 Å². The van der Waals surface area contributed by atoms with Gasteiger partial charge in [-0.3, -0.25) is 0 Å². The molecule has 0 spiro atoms. The molecule has 84 valence electrons. The van der Waals surface area contributed by atoms with E-state index in [2.05, 4.69) is 11.4 Å². The van der Waals surface area contributed by atoms with Crippen molar-refractivity contribution in [2.75, 3.05) is 20.8 Å². The minimum Gasteiger partial charge on any atom is -0.385 e. The quantitative estimate of drug-likeness (QED) is 0.807. The van der Waals surface area contributed by atoms with Crippen molar-refractivity contribution < 1.29 is 4.74 Å². The Morgan fingerprint density at radius 1 is 1.47 bits per heavy atom. The number of nitrogens with one attached hydrogen (secondary N) is 1. The van der Waals surface area contributed by atoms with Crippen molar-refractivity contribution in [1.29, 1.82) is 0 Å². The van der Waals surface area contributed by atoms with E-state index in [1.165, 1.54) is 5.56 Å². The van der Waals surface area contributed by atoms with Crippen LogP contribution >= 0.6 is 11.6 Å². The van der Waals surface area contributed by atoms with Crippen LogP contribution in [-0.4, -0.2) is 26.8 Å². The van der Waals surface area contributed by atoms with Crippen molar-refractivity contribution in [2.24, 2.45) is 0 Å². The summed E-state index contributed by atoms with van der Waals surface area (Å²) >= 11 is 5.93. The molecule has 0 saturated heterocycles. The van der Waals surface area contributed by atoms with Crippen LogP contribution in [0.25, 0.3) is 0 Å². The molecule has 0 bridgehead atoms. The van der Waals surface area contributed by atoms with Crippen LogP contribution < -0.4 is 5.32 Å². The molecule has 0 heterocycles. The Bertz CT molecular complexity index is 291. The van der Waals surface area contributed by atoms with Crippen molar-refractivity contribution in [1.82, 2.24) is 5.32 Å². The number of halogens is 1. The van der Waals surface area contributed by atoms with Gasteiger partial charge < -0.3 is 10.1 Å². The second-order valence-corrected chi connectivity index (χ2v) is 4.04. The van der Waals surface area contributed by atoms with Gasteiger partial charge in [0.15, 0.2) is 0 Å². The molecule has 1 atom stereocenters. The first-order chi connectivity index (χ1) is 7.26. The zero-order valence-electron chi connectivity index (χ0n) is 9.29. The second-order valence-electron chi connectivity index (χ2n) is 3.60. The topological polar surface area (TPSA) is 21.3 Å². The predicted octanol–water partition coefficient (Wildman–Crippen LogP) is 2.51. The summed E-state index contributed by atoms with van der Waals surface area (Å²) in [6.45, 7) is 0.784. The molecule has 1 aromatic rings. The van der Waals surface area contributed by atoms with E-state index >= 15 is 0 Å². The molecule has 1 unspecified atom stereocenters. The van der Waals surface area contributed by atoms with Crippen molar-refractivity contribution >= 4 is 11.6 Å². The molecule has 1 N–H and O–H groups in total. The fraction of sp³-hybridized carbons (Fsp3) is 0.500. The van der Waals surface area contributed by atoms with E-state index in [0.29, 0.717) is 6.04 Å². The summed E-state index contributed by atoms with van der Waals surface area (Å²) in [7, 11) is 3.71. The zero-order chi connectivity index (χ0) is 11.1. The van der Waals surface area contributed by atoms with Crippen molar-refractivity contribution in [3.05, 3.63) is 34.9 Å². The van der Waals surface area contributed by atoms with Crippen LogP contribution in [0.15, 0.2) is 24.3 Å². The maximum atomic E-state index is 5.93. The highest BCUT2D eigenvalue weighted by Crippen LogP contribution is 2.13. The molecule has 0 aliphatic carbocycles. The van der Waals surface area contributed by atoms with Crippen LogP contribution in [0.2, 0.25) is 5.02 Å². The van der Waals surface area contributed by atoms with Crippen LogP contribution in [0.5, 0.6) is 0 Å². The fourth-order valence-corrected chi connectivity index (χ4v) is 1.77. The average molecular weight is 228 g/mol. The molecule has 2 nitrogen and oxygen atoms in total. The van der Waals surface area contributed by atoms with Crippen molar-refractivity contribution in [3.8, 4) is 0 Å². The van der Waals surface area contributed by atoms with Crippen LogP contribution in [-0.2, 0) is 11.2 Å². The van der Waals surface area contributed by atoms with Gasteiger partial charge >= 0.3 is 0 Å². The molecule has 0 aliphatic rings. The molecule has 0 amide bonds. The highest BCUT2D eigenvalue weighted by molar-refractivity contribution is 6.30. The minimum atomic E-state index is 0.448. The number of likely N-dealkylation sites (N-methyl/N-ethyl adjacent to an activating group) is 1. The molecule has 0 radical (unpaired) electrons. The standard InChI is InChI=1S/C12H18ClNO/c1-14-12(6-7-15-2)9-10-4-3-5-11(13)8-10/h3-5,8,12,14H,6-7,9H2,1-2H3. The van der Waals surface area contributed by atoms with Crippen molar-refractivity contribution in [3.63, 3.8) is 0 Å². The lowest BCUT2D eigenvalue weighted by molar-refractivity contribution is 0.184. The summed E-state index contributed by atoms with van der Waals surface area (Å²) in [5.41, 5.74) is 1.26. The summed E-state index contributed by atoms with van der Waals surface area (Å²) in [6, 6.07) is 8.44. The minimum absolute atomic E-state index is 0.448. The number of hydrogen-bond acceptors (Lipinski definition) is 2. The first-order valence-electron chi connectivity index (χ1n) is 5.17. The smallest absolute Gasteiger partial charge is 0.0477 e. The van der Waals surface area contributed by atoms with Gasteiger partial charge in [0.25, 0.3) is 0 Å². The van der Waals surface area contributed by atoms with E-state index in [4.69, 9.17) is 16.3 Å². The van der Waals surface area contributed by atoms with Gasteiger partial charge in [-0.05, 0) is 37.6 Å². The van der Waals surface area contributed by atoms with Gasteiger partial charge in [-0.15, -0.1) is 0 Å². The lowest BCUT2D eigenvalue weighted by Crippen LogP contribution is -2.28. The SMILES string of the molecule is CNC(CCOC)Cc1cccc(Cl)c1. The molecular formula is C12H18ClNO. The lowest BCUT2D eigenvalue weighted by Gasteiger charge is -2.15. The van der Waals surface area contributed by atoms with E-state index in [-0.39, 0.29) is 0 Å². The summed E-state index contributed by atoms with van der Waals surface area (Å²) in [5, 5.41) is 4.08. The third-order valence-corrected chi connectivity index (χ3v) is 2.68. The summed E-state index contributed by atoms with van der Waals surface area (Å²) in [4.78, 5) is 0. The third-order valence-electron chi connectivity index (χ3n) is 2.45. The van der Waals surface area contributed by atoms with Crippen LogP contribution in [0, 0.1) is 0 Å². The Balaban J connectivity index is 2.50. The number of methoxy groups -OCH3 is 1. The maximum absolute atomic E-state index is 5.93. The Labute approximate surface area is 96.6 Å². The van der Waals surface area contributed by atoms with Crippen LogP contribution in [0.1, 0.15) is 12.0 Å². The molecule has 0 saturated carbocycles. The van der Waals surface area contributed by atoms with E-state index in [9.17, 15) is 0 Å². The lowest BCUT2D eigenvalue weighted by atomic mass is 10.0. The second kappa shape index (κ2) is 6.83. The van der Waals surface area contributed by atoms with E-state index in [1.54, 1.807) is 7.11 Å². The van der Waals surface area contributed by atoms with E-state index < -0.39 is 0 Å².